The molecule has 0 radical (unpaired) electrons. The second-order valence-electron chi connectivity index (χ2n) is 3.34. The molecule has 1 aromatic carbocycles. The predicted octanol–water partition coefficient (Wildman–Crippen LogP) is 3.92. The van der Waals surface area contributed by atoms with E-state index in [0.29, 0.717) is 0 Å². The maximum atomic E-state index is 12.7. The average molecular weight is 305 g/mol. The van der Waals surface area contributed by atoms with Gasteiger partial charge in [-0.1, -0.05) is 0 Å². The fourth-order valence-corrected chi connectivity index (χ4v) is 1.62. The Labute approximate surface area is 107 Å². The van der Waals surface area contributed by atoms with E-state index in [2.05, 4.69) is 0 Å². The number of hydrogen-bond acceptors (Lipinski definition) is 2. The molecule has 2 nitrogen and oxygen atoms in total. The van der Waals surface area contributed by atoms with Crippen LogP contribution in [0.1, 0.15) is 31.8 Å². The summed E-state index contributed by atoms with van der Waals surface area (Å²) < 4.78 is 75.5. The molecule has 0 aliphatic rings. The van der Waals surface area contributed by atoms with Crippen LogP contribution in [0, 0.1) is 0 Å². The number of hydrogen-bond donors (Lipinski definition) is 0. The first-order valence-electron chi connectivity index (χ1n) is 4.46. The summed E-state index contributed by atoms with van der Waals surface area (Å²) >= 11 is 4.87. The van der Waals surface area contributed by atoms with Crippen LogP contribution in [0.2, 0.25) is 0 Å². The van der Waals surface area contributed by atoms with Gasteiger partial charge in [0, 0.05) is 11.1 Å². The molecule has 104 valence electrons. The number of carbonyl (C=O) groups is 2. The maximum Gasteiger partial charge on any atom is 0.417 e. The van der Waals surface area contributed by atoms with Crippen molar-refractivity contribution in [2.24, 2.45) is 0 Å². The lowest BCUT2D eigenvalue weighted by atomic mass is 9.96. The van der Waals surface area contributed by atoms with E-state index in [1.54, 1.807) is 0 Å². The zero-order valence-corrected chi connectivity index (χ0v) is 9.45. The first kappa shape index (κ1) is 15.5. The zero-order valence-electron chi connectivity index (χ0n) is 8.69. The Morgan fingerprint density at radius 2 is 1.58 bits per heavy atom. The Morgan fingerprint density at radius 3 is 1.89 bits per heavy atom. The SMILES string of the molecule is O=Cc1c(C(F)(F)F)ccc(C(=O)Cl)c1C(F)(F)F. The van der Waals surface area contributed by atoms with Crippen LogP contribution in [0.25, 0.3) is 0 Å². The highest BCUT2D eigenvalue weighted by Crippen LogP contribution is 2.40. The molecule has 0 aliphatic heterocycles. The van der Waals surface area contributed by atoms with Crippen molar-refractivity contribution >= 4 is 23.1 Å². The van der Waals surface area contributed by atoms with Gasteiger partial charge in [0.05, 0.1) is 11.1 Å². The van der Waals surface area contributed by atoms with Gasteiger partial charge >= 0.3 is 12.4 Å². The number of halogens is 7. The van der Waals surface area contributed by atoms with Gasteiger partial charge < -0.3 is 0 Å². The molecule has 0 saturated heterocycles. The predicted molar refractivity (Wildman–Crippen MR) is 52.0 cm³/mol. The Bertz CT molecular complexity index is 532. The molecule has 0 heterocycles. The van der Waals surface area contributed by atoms with E-state index < -0.39 is 46.1 Å². The van der Waals surface area contributed by atoms with Crippen molar-refractivity contribution in [3.8, 4) is 0 Å². The third-order valence-corrected chi connectivity index (χ3v) is 2.37. The van der Waals surface area contributed by atoms with Gasteiger partial charge in [-0.2, -0.15) is 26.3 Å². The van der Waals surface area contributed by atoms with Crippen molar-refractivity contribution in [2.45, 2.75) is 12.4 Å². The van der Waals surface area contributed by atoms with Crippen LogP contribution in [0.3, 0.4) is 0 Å². The number of rotatable bonds is 2. The minimum absolute atomic E-state index is 0.203. The topological polar surface area (TPSA) is 34.1 Å². The maximum absolute atomic E-state index is 12.7. The van der Waals surface area contributed by atoms with Gasteiger partial charge in [0.25, 0.3) is 5.24 Å². The van der Waals surface area contributed by atoms with Gasteiger partial charge in [-0.05, 0) is 23.7 Å². The molecule has 0 unspecified atom stereocenters. The molecule has 0 spiro atoms. The highest BCUT2D eigenvalue weighted by Gasteiger charge is 2.43. The van der Waals surface area contributed by atoms with Crippen LogP contribution < -0.4 is 0 Å². The van der Waals surface area contributed by atoms with Crippen molar-refractivity contribution in [3.05, 3.63) is 34.4 Å². The molecular formula is C10H3ClF6O2. The largest absolute Gasteiger partial charge is 0.417 e. The summed E-state index contributed by atoms with van der Waals surface area (Å²) in [5.74, 6) is 0. The van der Waals surface area contributed by atoms with Crippen LogP contribution in [0.4, 0.5) is 26.3 Å². The lowest BCUT2D eigenvalue weighted by Crippen LogP contribution is -2.19. The summed E-state index contributed by atoms with van der Waals surface area (Å²) in [4.78, 5) is 21.4. The average Bonchev–Trinajstić information content (AvgIpc) is 2.24. The number of benzene rings is 1. The minimum atomic E-state index is -5.32. The van der Waals surface area contributed by atoms with Crippen molar-refractivity contribution < 1.29 is 35.9 Å². The monoisotopic (exact) mass is 304 g/mol. The van der Waals surface area contributed by atoms with Gasteiger partial charge in [-0.25, -0.2) is 0 Å². The molecule has 0 aliphatic carbocycles. The summed E-state index contributed by atoms with van der Waals surface area (Å²) in [6, 6.07) is 0.489. The Morgan fingerprint density at radius 1 is 1.05 bits per heavy atom. The molecule has 9 heteroatoms. The van der Waals surface area contributed by atoms with Crippen LogP contribution in [0.15, 0.2) is 12.1 Å². The first-order chi connectivity index (χ1) is 8.50. The second kappa shape index (κ2) is 4.84. The highest BCUT2D eigenvalue weighted by atomic mass is 35.5. The molecular weight excluding hydrogens is 302 g/mol. The molecule has 0 aromatic heterocycles. The van der Waals surface area contributed by atoms with Crippen LogP contribution in [-0.2, 0) is 12.4 Å². The molecule has 0 N–H and O–H groups in total. The fraction of sp³-hybridized carbons (Fsp3) is 0.200. The lowest BCUT2D eigenvalue weighted by molar-refractivity contribution is -0.143. The zero-order chi connectivity index (χ0) is 15.0. The summed E-state index contributed by atoms with van der Waals surface area (Å²) in [7, 11) is 0. The van der Waals surface area contributed by atoms with Crippen LogP contribution in [0.5, 0.6) is 0 Å². The van der Waals surface area contributed by atoms with Crippen molar-refractivity contribution in [1.82, 2.24) is 0 Å². The molecule has 0 amide bonds. The van der Waals surface area contributed by atoms with Crippen LogP contribution >= 0.6 is 11.6 Å². The van der Waals surface area contributed by atoms with Crippen molar-refractivity contribution in [1.29, 1.82) is 0 Å². The summed E-state index contributed by atoms with van der Waals surface area (Å²) in [6.07, 6.45) is -11.1. The number of carbonyl (C=O) groups excluding carboxylic acids is 2. The molecule has 1 rings (SSSR count). The summed E-state index contributed by atoms with van der Waals surface area (Å²) in [6.45, 7) is 0. The Hall–Kier alpha value is -1.57. The van der Waals surface area contributed by atoms with E-state index >= 15 is 0 Å². The van der Waals surface area contributed by atoms with Gasteiger partial charge in [0.2, 0.25) is 0 Å². The third-order valence-electron chi connectivity index (χ3n) is 2.16. The van der Waals surface area contributed by atoms with Crippen molar-refractivity contribution in [2.75, 3.05) is 0 Å². The second-order valence-corrected chi connectivity index (χ2v) is 3.68. The molecule has 0 atom stereocenters. The highest BCUT2D eigenvalue weighted by molar-refractivity contribution is 6.68. The van der Waals surface area contributed by atoms with E-state index in [1.807, 2.05) is 0 Å². The quantitative estimate of drug-likeness (QED) is 0.471. The van der Waals surface area contributed by atoms with E-state index in [9.17, 15) is 35.9 Å². The number of aldehydes is 1. The Balaban J connectivity index is 3.80. The molecule has 0 fully saturated rings. The lowest BCUT2D eigenvalue weighted by Gasteiger charge is -2.17. The summed E-state index contributed by atoms with van der Waals surface area (Å²) in [5, 5.41) is -1.61. The standard InChI is InChI=1S/C10H3ClF6O2/c11-8(19)4-1-2-6(9(12,13)14)5(3-18)7(4)10(15,16)17/h1-3H. The molecule has 1 aromatic rings. The molecule has 0 saturated carbocycles. The minimum Gasteiger partial charge on any atom is -0.298 e. The van der Waals surface area contributed by atoms with Gasteiger partial charge in [0.15, 0.2) is 6.29 Å². The van der Waals surface area contributed by atoms with Crippen molar-refractivity contribution in [3.63, 3.8) is 0 Å². The van der Waals surface area contributed by atoms with Crippen LogP contribution in [-0.4, -0.2) is 11.5 Å². The summed E-state index contributed by atoms with van der Waals surface area (Å²) in [5.41, 5.74) is -6.63. The van der Waals surface area contributed by atoms with Gasteiger partial charge in [-0.15, -0.1) is 0 Å². The third kappa shape index (κ3) is 3.06. The molecule has 0 bridgehead atoms. The van der Waals surface area contributed by atoms with E-state index in [1.165, 1.54) is 0 Å². The normalized spacial score (nSPS) is 12.4. The Kier molecular flexibility index (Phi) is 3.94. The first-order valence-corrected chi connectivity index (χ1v) is 4.84. The van der Waals surface area contributed by atoms with E-state index in [-0.39, 0.29) is 12.1 Å². The smallest absolute Gasteiger partial charge is 0.298 e. The molecule has 19 heavy (non-hydrogen) atoms. The fourth-order valence-electron chi connectivity index (χ4n) is 1.46. The van der Waals surface area contributed by atoms with E-state index in [0.717, 1.165) is 0 Å². The van der Waals surface area contributed by atoms with Gasteiger partial charge in [-0.3, -0.25) is 9.59 Å². The number of alkyl halides is 6. The van der Waals surface area contributed by atoms with E-state index in [4.69, 9.17) is 11.6 Å². The van der Waals surface area contributed by atoms with Gasteiger partial charge in [0.1, 0.15) is 0 Å².